The molecule has 0 radical (unpaired) electrons. The van der Waals surface area contributed by atoms with Crippen LogP contribution in [0.4, 0.5) is 0 Å². The molecule has 1 heterocycles. The average molecular weight is 368 g/mol. The Balaban J connectivity index is 1.63. The third-order valence-electron chi connectivity index (χ3n) is 4.15. The van der Waals surface area contributed by atoms with E-state index in [4.69, 9.17) is 14.2 Å². The molecule has 7 heteroatoms. The molecule has 0 bridgehead atoms. The van der Waals surface area contributed by atoms with Crippen LogP contribution in [0.2, 0.25) is 0 Å². The van der Waals surface area contributed by atoms with E-state index in [0.29, 0.717) is 24.5 Å². The SMILES string of the molecule is COc1ccc(OC)c(C(=O)OCC(=O)N2CCC(c3ccccc3)=N2)c1. The lowest BCUT2D eigenvalue weighted by Gasteiger charge is -2.13. The summed E-state index contributed by atoms with van der Waals surface area (Å²) < 4.78 is 15.4. The summed E-state index contributed by atoms with van der Waals surface area (Å²) in [5, 5.41) is 5.67. The summed E-state index contributed by atoms with van der Waals surface area (Å²) in [6.07, 6.45) is 0.660. The minimum atomic E-state index is -0.662. The average Bonchev–Trinajstić information content (AvgIpc) is 3.22. The number of nitrogens with zero attached hydrogens (tertiary/aromatic N) is 2. The molecule has 1 aliphatic rings. The van der Waals surface area contributed by atoms with Gasteiger partial charge in [-0.25, -0.2) is 9.80 Å². The van der Waals surface area contributed by atoms with E-state index in [1.54, 1.807) is 12.1 Å². The van der Waals surface area contributed by atoms with Crippen LogP contribution in [0.1, 0.15) is 22.3 Å². The van der Waals surface area contributed by atoms with Crippen molar-refractivity contribution in [3.05, 3.63) is 59.7 Å². The van der Waals surface area contributed by atoms with Crippen LogP contribution in [0.5, 0.6) is 11.5 Å². The third kappa shape index (κ3) is 4.25. The first-order chi connectivity index (χ1) is 13.1. The lowest BCUT2D eigenvalue weighted by atomic mass is 10.1. The smallest absolute Gasteiger partial charge is 0.342 e. The molecule has 0 aromatic heterocycles. The first-order valence-corrected chi connectivity index (χ1v) is 8.45. The highest BCUT2D eigenvalue weighted by Crippen LogP contribution is 2.24. The second kappa shape index (κ2) is 8.35. The van der Waals surface area contributed by atoms with Crippen molar-refractivity contribution in [2.45, 2.75) is 6.42 Å². The molecule has 1 aliphatic heterocycles. The number of hydrogen-bond acceptors (Lipinski definition) is 6. The van der Waals surface area contributed by atoms with Gasteiger partial charge in [0.25, 0.3) is 5.91 Å². The summed E-state index contributed by atoms with van der Waals surface area (Å²) in [5.74, 6) is -0.203. The zero-order valence-corrected chi connectivity index (χ0v) is 15.2. The third-order valence-corrected chi connectivity index (χ3v) is 4.15. The molecule has 0 saturated carbocycles. The van der Waals surface area contributed by atoms with Gasteiger partial charge in [-0.1, -0.05) is 30.3 Å². The maximum absolute atomic E-state index is 12.3. The van der Waals surface area contributed by atoms with Crippen molar-refractivity contribution in [1.82, 2.24) is 5.01 Å². The number of carbonyl (C=O) groups excluding carboxylic acids is 2. The predicted octanol–water partition coefficient (Wildman–Crippen LogP) is 2.50. The highest BCUT2D eigenvalue weighted by molar-refractivity contribution is 6.02. The van der Waals surface area contributed by atoms with Gasteiger partial charge in [-0.15, -0.1) is 0 Å². The zero-order chi connectivity index (χ0) is 19.2. The van der Waals surface area contributed by atoms with Crippen molar-refractivity contribution < 1.29 is 23.8 Å². The van der Waals surface area contributed by atoms with E-state index >= 15 is 0 Å². The van der Waals surface area contributed by atoms with E-state index in [2.05, 4.69) is 5.10 Å². The van der Waals surface area contributed by atoms with Crippen molar-refractivity contribution in [2.75, 3.05) is 27.4 Å². The van der Waals surface area contributed by atoms with E-state index in [0.717, 1.165) is 11.3 Å². The largest absolute Gasteiger partial charge is 0.497 e. The molecule has 27 heavy (non-hydrogen) atoms. The van der Waals surface area contributed by atoms with Gasteiger partial charge in [0.1, 0.15) is 17.1 Å². The number of amides is 1. The number of esters is 1. The molecular weight excluding hydrogens is 348 g/mol. The lowest BCUT2D eigenvalue weighted by Crippen LogP contribution is -2.28. The van der Waals surface area contributed by atoms with Crippen molar-refractivity contribution in [1.29, 1.82) is 0 Å². The first kappa shape index (κ1) is 18.4. The van der Waals surface area contributed by atoms with E-state index in [-0.39, 0.29) is 11.5 Å². The van der Waals surface area contributed by atoms with Gasteiger partial charge in [0.05, 0.1) is 26.5 Å². The quantitative estimate of drug-likeness (QED) is 0.732. The Morgan fingerprint density at radius 2 is 1.85 bits per heavy atom. The van der Waals surface area contributed by atoms with E-state index in [1.807, 2.05) is 30.3 Å². The monoisotopic (exact) mass is 368 g/mol. The fraction of sp³-hybridized carbons (Fsp3) is 0.250. The molecule has 1 amide bonds. The molecule has 2 aromatic rings. The van der Waals surface area contributed by atoms with Crippen LogP contribution in [-0.4, -0.2) is 50.0 Å². The number of ether oxygens (including phenoxy) is 3. The van der Waals surface area contributed by atoms with E-state index < -0.39 is 12.6 Å². The molecule has 0 spiro atoms. The minimum absolute atomic E-state index is 0.194. The molecule has 0 N–H and O–H groups in total. The van der Waals surface area contributed by atoms with Crippen LogP contribution >= 0.6 is 0 Å². The number of hydrogen-bond donors (Lipinski definition) is 0. The summed E-state index contributed by atoms with van der Waals surface area (Å²) in [7, 11) is 2.95. The minimum Gasteiger partial charge on any atom is -0.497 e. The lowest BCUT2D eigenvalue weighted by molar-refractivity contribution is -0.134. The Hall–Kier alpha value is -3.35. The van der Waals surface area contributed by atoms with Crippen molar-refractivity contribution in [3.63, 3.8) is 0 Å². The molecule has 0 fully saturated rings. The van der Waals surface area contributed by atoms with Crippen LogP contribution in [0.15, 0.2) is 53.6 Å². The molecule has 0 saturated heterocycles. The van der Waals surface area contributed by atoms with Gasteiger partial charge in [-0.2, -0.15) is 5.10 Å². The fourth-order valence-electron chi connectivity index (χ4n) is 2.72. The van der Waals surface area contributed by atoms with Gasteiger partial charge in [-0.05, 0) is 23.8 Å². The fourth-order valence-corrected chi connectivity index (χ4v) is 2.72. The number of carbonyl (C=O) groups is 2. The summed E-state index contributed by atoms with van der Waals surface area (Å²) in [5.41, 5.74) is 2.01. The maximum Gasteiger partial charge on any atom is 0.342 e. The molecule has 3 rings (SSSR count). The molecular formula is C20H20N2O5. The summed E-state index contributed by atoms with van der Waals surface area (Å²) in [4.78, 5) is 24.7. The van der Waals surface area contributed by atoms with E-state index in [9.17, 15) is 9.59 Å². The standard InChI is InChI=1S/C20H20N2O5/c1-25-15-8-9-18(26-2)16(12-15)20(24)27-13-19(23)22-11-10-17(21-22)14-6-4-3-5-7-14/h3-9,12H,10-11,13H2,1-2H3. The van der Waals surface area contributed by atoms with Gasteiger partial charge in [0.2, 0.25) is 0 Å². The number of methoxy groups -OCH3 is 2. The summed E-state index contributed by atoms with van der Waals surface area (Å²) in [6.45, 7) is 0.0634. The molecule has 2 aromatic carbocycles. The van der Waals surface area contributed by atoms with Gasteiger partial charge in [0, 0.05) is 6.42 Å². The topological polar surface area (TPSA) is 77.4 Å². The second-order valence-corrected chi connectivity index (χ2v) is 5.82. The highest BCUT2D eigenvalue weighted by Gasteiger charge is 2.23. The van der Waals surface area contributed by atoms with E-state index in [1.165, 1.54) is 25.3 Å². The van der Waals surface area contributed by atoms with Gasteiger partial charge in [-0.3, -0.25) is 4.79 Å². The Morgan fingerprint density at radius 3 is 2.56 bits per heavy atom. The van der Waals surface area contributed by atoms with Crippen molar-refractivity contribution in [2.24, 2.45) is 5.10 Å². The molecule has 0 atom stereocenters. The van der Waals surface area contributed by atoms with Crippen molar-refractivity contribution in [3.8, 4) is 11.5 Å². The van der Waals surface area contributed by atoms with Crippen LogP contribution in [0.3, 0.4) is 0 Å². The Morgan fingerprint density at radius 1 is 1.07 bits per heavy atom. The Labute approximate surface area is 157 Å². The van der Waals surface area contributed by atoms with Crippen LogP contribution in [-0.2, 0) is 9.53 Å². The predicted molar refractivity (Wildman–Crippen MR) is 99.1 cm³/mol. The second-order valence-electron chi connectivity index (χ2n) is 5.82. The number of benzene rings is 2. The van der Waals surface area contributed by atoms with Gasteiger partial charge >= 0.3 is 5.97 Å². The van der Waals surface area contributed by atoms with Crippen LogP contribution in [0.25, 0.3) is 0 Å². The van der Waals surface area contributed by atoms with Gasteiger partial charge in [0.15, 0.2) is 6.61 Å². The zero-order valence-electron chi connectivity index (χ0n) is 15.2. The van der Waals surface area contributed by atoms with Crippen LogP contribution in [0, 0.1) is 0 Å². The summed E-state index contributed by atoms with van der Waals surface area (Å²) >= 11 is 0. The molecule has 0 unspecified atom stereocenters. The molecule has 140 valence electrons. The Bertz CT molecular complexity index is 864. The highest BCUT2D eigenvalue weighted by atomic mass is 16.5. The maximum atomic E-state index is 12.3. The first-order valence-electron chi connectivity index (χ1n) is 8.45. The van der Waals surface area contributed by atoms with Gasteiger partial charge < -0.3 is 14.2 Å². The molecule has 0 aliphatic carbocycles. The Kier molecular flexibility index (Phi) is 5.71. The molecule has 7 nitrogen and oxygen atoms in total. The number of rotatable bonds is 6. The normalized spacial score (nSPS) is 13.1. The summed E-state index contributed by atoms with van der Waals surface area (Å²) in [6, 6.07) is 14.4. The van der Waals surface area contributed by atoms with Crippen LogP contribution < -0.4 is 9.47 Å². The number of hydrazone groups is 1. The van der Waals surface area contributed by atoms with Crippen molar-refractivity contribution >= 4 is 17.6 Å².